The predicted octanol–water partition coefficient (Wildman–Crippen LogP) is 3.85. The minimum atomic E-state index is 1.08. The third-order valence-corrected chi connectivity index (χ3v) is 2.92. The number of aryl methyl sites for hydroxylation is 1. The van der Waals surface area contributed by atoms with Gasteiger partial charge in [-0.3, -0.25) is 4.68 Å². The van der Waals surface area contributed by atoms with Crippen molar-refractivity contribution < 1.29 is 0 Å². The van der Waals surface area contributed by atoms with Gasteiger partial charge in [-0.05, 0) is 35.1 Å². The molecule has 2 nitrogen and oxygen atoms in total. The van der Waals surface area contributed by atoms with Crippen LogP contribution in [0.25, 0.3) is 0 Å². The molecule has 1 rings (SSSR count). The van der Waals surface area contributed by atoms with Crippen LogP contribution in [0.1, 0.15) is 45.4 Å². The summed E-state index contributed by atoms with van der Waals surface area (Å²) < 4.78 is 3.13. The molecule has 0 aromatic carbocycles. The fourth-order valence-electron chi connectivity index (χ4n) is 1.52. The molecular formula is C11H19IN2. The summed E-state index contributed by atoms with van der Waals surface area (Å²) in [6.07, 6.45) is 10.2. The summed E-state index contributed by atoms with van der Waals surface area (Å²) in [6.45, 7) is 3.33. The molecule has 1 aromatic rings. The van der Waals surface area contributed by atoms with E-state index in [1.54, 1.807) is 0 Å². The van der Waals surface area contributed by atoms with E-state index in [1.807, 2.05) is 4.68 Å². The molecule has 0 aliphatic carbocycles. The van der Waals surface area contributed by atoms with Crippen LogP contribution in [-0.4, -0.2) is 9.78 Å². The Kier molecular flexibility index (Phi) is 6.23. The molecule has 0 unspecified atom stereocenters. The van der Waals surface area contributed by atoms with Gasteiger partial charge in [-0.15, -0.1) is 0 Å². The Morgan fingerprint density at radius 3 is 2.57 bits per heavy atom. The molecule has 0 saturated carbocycles. The highest BCUT2D eigenvalue weighted by atomic mass is 127. The van der Waals surface area contributed by atoms with Gasteiger partial charge in [0.1, 0.15) is 3.70 Å². The van der Waals surface area contributed by atoms with Crippen LogP contribution in [0.4, 0.5) is 0 Å². The van der Waals surface area contributed by atoms with Gasteiger partial charge in [0.2, 0.25) is 0 Å². The van der Waals surface area contributed by atoms with E-state index in [4.69, 9.17) is 0 Å². The molecule has 0 fully saturated rings. The minimum absolute atomic E-state index is 1.08. The molecule has 0 N–H and O–H groups in total. The summed E-state index contributed by atoms with van der Waals surface area (Å²) in [5, 5.41) is 4.35. The highest BCUT2D eigenvalue weighted by molar-refractivity contribution is 14.1. The third-order valence-electron chi connectivity index (χ3n) is 2.35. The predicted molar refractivity (Wildman–Crippen MR) is 68.3 cm³/mol. The fraction of sp³-hybridized carbons (Fsp3) is 0.727. The van der Waals surface area contributed by atoms with E-state index in [0.29, 0.717) is 0 Å². The molecule has 0 aliphatic rings. The SMILES string of the molecule is CCCCCCCCn1ccc(I)n1. The number of rotatable bonds is 7. The second kappa shape index (κ2) is 7.26. The standard InChI is InChI=1S/C11H19IN2/c1-2-3-4-5-6-7-9-14-10-8-11(12)13-14/h8,10H,2-7,9H2,1H3. The van der Waals surface area contributed by atoms with E-state index < -0.39 is 0 Å². The molecule has 0 aliphatic heterocycles. The summed E-state index contributed by atoms with van der Waals surface area (Å²) >= 11 is 2.25. The highest BCUT2D eigenvalue weighted by Crippen LogP contribution is 2.06. The lowest BCUT2D eigenvalue weighted by Crippen LogP contribution is -1.98. The van der Waals surface area contributed by atoms with Crippen molar-refractivity contribution in [3.8, 4) is 0 Å². The lowest BCUT2D eigenvalue weighted by Gasteiger charge is -2.01. The van der Waals surface area contributed by atoms with Crippen LogP contribution in [0, 0.1) is 3.70 Å². The van der Waals surface area contributed by atoms with E-state index in [9.17, 15) is 0 Å². The van der Waals surface area contributed by atoms with Gasteiger partial charge in [-0.1, -0.05) is 39.0 Å². The minimum Gasteiger partial charge on any atom is -0.272 e. The fourth-order valence-corrected chi connectivity index (χ4v) is 1.95. The van der Waals surface area contributed by atoms with Crippen molar-refractivity contribution in [3.63, 3.8) is 0 Å². The number of halogens is 1. The molecule has 0 atom stereocenters. The molecule has 0 amide bonds. The molecule has 0 radical (unpaired) electrons. The first kappa shape index (κ1) is 12.0. The molecule has 1 aromatic heterocycles. The number of unbranched alkanes of at least 4 members (excludes halogenated alkanes) is 5. The molecule has 0 spiro atoms. The molecule has 0 saturated heterocycles. The molecule has 1 heterocycles. The molecule has 14 heavy (non-hydrogen) atoms. The van der Waals surface area contributed by atoms with Gasteiger partial charge >= 0.3 is 0 Å². The topological polar surface area (TPSA) is 17.8 Å². The number of nitrogens with zero attached hydrogens (tertiary/aromatic N) is 2. The largest absolute Gasteiger partial charge is 0.272 e. The summed E-state index contributed by atoms with van der Waals surface area (Å²) in [5.74, 6) is 0. The quantitative estimate of drug-likeness (QED) is 0.553. The van der Waals surface area contributed by atoms with Crippen molar-refractivity contribution in [2.24, 2.45) is 0 Å². The van der Waals surface area contributed by atoms with Gasteiger partial charge in [0.05, 0.1) is 0 Å². The van der Waals surface area contributed by atoms with E-state index >= 15 is 0 Å². The smallest absolute Gasteiger partial charge is 0.123 e. The molecular weight excluding hydrogens is 287 g/mol. The average Bonchev–Trinajstić information content (AvgIpc) is 2.58. The summed E-state index contributed by atoms with van der Waals surface area (Å²) in [7, 11) is 0. The van der Waals surface area contributed by atoms with E-state index in [-0.39, 0.29) is 0 Å². The average molecular weight is 306 g/mol. The number of aromatic nitrogens is 2. The first-order valence-corrected chi connectivity index (χ1v) is 6.59. The Bertz CT molecular complexity index is 245. The van der Waals surface area contributed by atoms with Crippen molar-refractivity contribution >= 4 is 22.6 Å². The van der Waals surface area contributed by atoms with Crippen LogP contribution in [0.5, 0.6) is 0 Å². The summed E-state index contributed by atoms with van der Waals surface area (Å²) in [5.41, 5.74) is 0. The molecule has 80 valence electrons. The van der Waals surface area contributed by atoms with E-state index in [0.717, 1.165) is 10.2 Å². The van der Waals surface area contributed by atoms with E-state index in [2.05, 4.69) is 46.9 Å². The van der Waals surface area contributed by atoms with E-state index in [1.165, 1.54) is 38.5 Å². The van der Waals surface area contributed by atoms with Crippen molar-refractivity contribution in [1.29, 1.82) is 0 Å². The Balaban J connectivity index is 1.99. The summed E-state index contributed by atoms with van der Waals surface area (Å²) in [4.78, 5) is 0. The van der Waals surface area contributed by atoms with Gasteiger partial charge < -0.3 is 0 Å². The zero-order valence-electron chi connectivity index (χ0n) is 8.88. The van der Waals surface area contributed by atoms with Gasteiger partial charge in [-0.25, -0.2) is 0 Å². The van der Waals surface area contributed by atoms with Crippen molar-refractivity contribution in [1.82, 2.24) is 9.78 Å². The monoisotopic (exact) mass is 306 g/mol. The lowest BCUT2D eigenvalue weighted by molar-refractivity contribution is 0.526. The molecule has 0 bridgehead atoms. The normalized spacial score (nSPS) is 10.7. The highest BCUT2D eigenvalue weighted by Gasteiger charge is 1.94. The maximum Gasteiger partial charge on any atom is 0.123 e. The van der Waals surface area contributed by atoms with Crippen LogP contribution >= 0.6 is 22.6 Å². The maximum absolute atomic E-state index is 4.35. The van der Waals surface area contributed by atoms with Gasteiger partial charge in [0.25, 0.3) is 0 Å². The second-order valence-electron chi connectivity index (χ2n) is 3.67. The van der Waals surface area contributed by atoms with Crippen LogP contribution < -0.4 is 0 Å². The first-order valence-electron chi connectivity index (χ1n) is 5.52. The number of hydrogen-bond acceptors (Lipinski definition) is 1. The van der Waals surface area contributed by atoms with Crippen LogP contribution in [0.2, 0.25) is 0 Å². The van der Waals surface area contributed by atoms with Crippen LogP contribution in [-0.2, 0) is 6.54 Å². The Morgan fingerprint density at radius 1 is 1.21 bits per heavy atom. The van der Waals surface area contributed by atoms with Crippen LogP contribution in [0.3, 0.4) is 0 Å². The molecule has 3 heteroatoms. The lowest BCUT2D eigenvalue weighted by atomic mass is 10.1. The number of hydrogen-bond donors (Lipinski definition) is 0. The van der Waals surface area contributed by atoms with Gasteiger partial charge in [-0.2, -0.15) is 5.10 Å². The van der Waals surface area contributed by atoms with Gasteiger partial charge in [0.15, 0.2) is 0 Å². The van der Waals surface area contributed by atoms with Crippen molar-refractivity contribution in [2.45, 2.75) is 52.0 Å². The zero-order chi connectivity index (χ0) is 10.2. The van der Waals surface area contributed by atoms with Crippen molar-refractivity contribution in [2.75, 3.05) is 0 Å². The maximum atomic E-state index is 4.35. The Morgan fingerprint density at radius 2 is 1.93 bits per heavy atom. The van der Waals surface area contributed by atoms with Crippen molar-refractivity contribution in [3.05, 3.63) is 16.0 Å². The first-order chi connectivity index (χ1) is 6.83. The van der Waals surface area contributed by atoms with Gasteiger partial charge in [0, 0.05) is 12.7 Å². The summed E-state index contributed by atoms with van der Waals surface area (Å²) in [6, 6.07) is 2.05. The Labute approximate surface area is 100 Å². The zero-order valence-corrected chi connectivity index (χ0v) is 11.0. The van der Waals surface area contributed by atoms with Crippen LogP contribution in [0.15, 0.2) is 12.3 Å². The Hall–Kier alpha value is -0.0600. The second-order valence-corrected chi connectivity index (χ2v) is 4.77. The third kappa shape index (κ3) is 4.98.